The molecule has 0 unspecified atom stereocenters. The lowest BCUT2D eigenvalue weighted by Gasteiger charge is -2.16. The Morgan fingerprint density at radius 1 is 1.16 bits per heavy atom. The number of halogens is 1. The number of hydrogen-bond donors (Lipinski definition) is 2. The minimum Gasteiger partial charge on any atom is -0.336 e. The van der Waals surface area contributed by atoms with E-state index in [2.05, 4.69) is 10.0 Å². The number of nitrogens with zero attached hydrogens (tertiary/aromatic N) is 1. The average molecular weight is 476 g/mol. The maximum absolute atomic E-state index is 12.9. The van der Waals surface area contributed by atoms with Gasteiger partial charge in [0.15, 0.2) is 0 Å². The molecule has 2 aliphatic heterocycles. The maximum Gasteiger partial charge on any atom is 0.263 e. The van der Waals surface area contributed by atoms with Gasteiger partial charge in [0.1, 0.15) is 0 Å². The number of rotatable bonds is 4. The molecule has 6 nitrogen and oxygen atoms in total. The van der Waals surface area contributed by atoms with Gasteiger partial charge in [-0.25, -0.2) is 13.1 Å². The van der Waals surface area contributed by atoms with E-state index in [0.29, 0.717) is 24.5 Å². The van der Waals surface area contributed by atoms with Gasteiger partial charge in [-0.1, -0.05) is 23.7 Å². The standard InChI is InChI=1S/C22H22ClN3O3S2/c23-17-3-1-15-10-19(4-2-14(15)9-17)31(28,29)25-18-6-8-26(13-18)22(27)21-11-16-12-24-7-5-20(16)30-21/h1-4,9-11,18,24-25H,5-8,12-13H2/t18-/m0/s1. The number of carbonyl (C=O) groups is 1. The fraction of sp³-hybridized carbons (Fsp3) is 0.318. The number of thiophene rings is 1. The third-order valence-electron chi connectivity index (χ3n) is 5.83. The van der Waals surface area contributed by atoms with Gasteiger partial charge in [0.05, 0.1) is 9.77 Å². The van der Waals surface area contributed by atoms with Gasteiger partial charge in [0, 0.05) is 42.1 Å². The lowest BCUT2D eigenvalue weighted by atomic mass is 10.1. The summed E-state index contributed by atoms with van der Waals surface area (Å²) in [6.45, 7) is 2.67. The van der Waals surface area contributed by atoms with E-state index in [1.165, 1.54) is 10.4 Å². The van der Waals surface area contributed by atoms with E-state index in [-0.39, 0.29) is 16.8 Å². The van der Waals surface area contributed by atoms with E-state index in [1.807, 2.05) is 12.1 Å². The molecule has 2 aromatic carbocycles. The van der Waals surface area contributed by atoms with Gasteiger partial charge in [0.2, 0.25) is 10.0 Å². The predicted molar refractivity (Wildman–Crippen MR) is 123 cm³/mol. The number of sulfonamides is 1. The van der Waals surface area contributed by atoms with Crippen LogP contribution >= 0.6 is 22.9 Å². The first kappa shape index (κ1) is 20.9. The highest BCUT2D eigenvalue weighted by atomic mass is 35.5. The molecule has 2 N–H and O–H groups in total. The fourth-order valence-electron chi connectivity index (χ4n) is 4.20. The molecule has 0 saturated carbocycles. The Labute approximate surface area is 190 Å². The summed E-state index contributed by atoms with van der Waals surface area (Å²) in [5.41, 5.74) is 1.20. The first-order valence-electron chi connectivity index (χ1n) is 10.2. The molecule has 31 heavy (non-hydrogen) atoms. The molecule has 0 bridgehead atoms. The van der Waals surface area contributed by atoms with Crippen molar-refractivity contribution in [3.8, 4) is 0 Å². The van der Waals surface area contributed by atoms with Crippen LogP contribution in [0.25, 0.3) is 10.8 Å². The van der Waals surface area contributed by atoms with Crippen LogP contribution in [0.15, 0.2) is 47.4 Å². The smallest absolute Gasteiger partial charge is 0.263 e. The van der Waals surface area contributed by atoms with Gasteiger partial charge >= 0.3 is 0 Å². The molecule has 9 heteroatoms. The van der Waals surface area contributed by atoms with Gasteiger partial charge in [-0.15, -0.1) is 11.3 Å². The number of likely N-dealkylation sites (tertiary alicyclic amines) is 1. The highest BCUT2D eigenvalue weighted by molar-refractivity contribution is 7.89. The monoisotopic (exact) mass is 475 g/mol. The van der Waals surface area contributed by atoms with Crippen LogP contribution in [-0.2, 0) is 23.0 Å². The minimum atomic E-state index is -3.69. The number of amides is 1. The Hall–Kier alpha value is -1.97. The van der Waals surface area contributed by atoms with Gasteiger partial charge in [0.25, 0.3) is 5.91 Å². The number of fused-ring (bicyclic) bond motifs is 2. The van der Waals surface area contributed by atoms with E-state index in [9.17, 15) is 13.2 Å². The highest BCUT2D eigenvalue weighted by Crippen LogP contribution is 2.28. The second-order valence-corrected chi connectivity index (χ2v) is 11.3. The molecule has 0 radical (unpaired) electrons. The molecule has 1 amide bonds. The van der Waals surface area contributed by atoms with Crippen molar-refractivity contribution in [3.63, 3.8) is 0 Å². The Bertz CT molecular complexity index is 1250. The molecule has 5 rings (SSSR count). The van der Waals surface area contributed by atoms with Crippen LogP contribution < -0.4 is 10.0 Å². The van der Waals surface area contributed by atoms with Crippen molar-refractivity contribution >= 4 is 49.6 Å². The number of carbonyl (C=O) groups excluding carboxylic acids is 1. The van der Waals surface area contributed by atoms with Crippen molar-refractivity contribution in [1.29, 1.82) is 0 Å². The second kappa shape index (κ2) is 8.18. The fourth-order valence-corrected chi connectivity index (χ4v) is 6.83. The van der Waals surface area contributed by atoms with Crippen molar-refractivity contribution in [2.45, 2.75) is 30.3 Å². The summed E-state index contributed by atoms with van der Waals surface area (Å²) in [5.74, 6) is -0.0105. The van der Waals surface area contributed by atoms with Crippen LogP contribution in [0.2, 0.25) is 5.02 Å². The van der Waals surface area contributed by atoms with Gasteiger partial charge in [-0.3, -0.25) is 4.79 Å². The normalized spacial score (nSPS) is 19.0. The number of hydrogen-bond acceptors (Lipinski definition) is 5. The maximum atomic E-state index is 12.9. The molecule has 1 saturated heterocycles. The summed E-state index contributed by atoms with van der Waals surface area (Å²) < 4.78 is 28.6. The van der Waals surface area contributed by atoms with Crippen molar-refractivity contribution in [2.75, 3.05) is 19.6 Å². The van der Waals surface area contributed by atoms with E-state index >= 15 is 0 Å². The largest absolute Gasteiger partial charge is 0.336 e. The summed E-state index contributed by atoms with van der Waals surface area (Å²) in [6, 6.07) is 12.0. The summed E-state index contributed by atoms with van der Waals surface area (Å²) >= 11 is 7.57. The molecule has 162 valence electrons. The SMILES string of the molecule is O=C(c1cc2c(s1)CCNC2)N1CC[C@H](NS(=O)(=O)c2ccc3cc(Cl)ccc3c2)C1. The lowest BCUT2D eigenvalue weighted by Crippen LogP contribution is -2.38. The molecule has 0 aliphatic carbocycles. The van der Waals surface area contributed by atoms with Crippen LogP contribution in [0.5, 0.6) is 0 Å². The zero-order valence-corrected chi connectivity index (χ0v) is 19.1. The van der Waals surface area contributed by atoms with E-state index in [4.69, 9.17) is 11.6 Å². The lowest BCUT2D eigenvalue weighted by molar-refractivity contribution is 0.0795. The number of nitrogens with one attached hydrogen (secondary N) is 2. The van der Waals surface area contributed by atoms with Crippen molar-refractivity contribution < 1.29 is 13.2 Å². The van der Waals surface area contributed by atoms with Crippen LogP contribution in [-0.4, -0.2) is 44.9 Å². The molecule has 1 atom stereocenters. The van der Waals surface area contributed by atoms with Crippen LogP contribution in [0.3, 0.4) is 0 Å². The summed E-state index contributed by atoms with van der Waals surface area (Å²) in [5, 5.41) is 5.63. The predicted octanol–water partition coefficient (Wildman–Crippen LogP) is 3.39. The van der Waals surface area contributed by atoms with Crippen molar-refractivity contribution in [1.82, 2.24) is 14.9 Å². The minimum absolute atomic E-state index is 0.0105. The van der Waals surface area contributed by atoms with Crippen LogP contribution in [0.4, 0.5) is 0 Å². The molecular weight excluding hydrogens is 454 g/mol. The Balaban J connectivity index is 1.28. The molecule has 0 spiro atoms. The quantitative estimate of drug-likeness (QED) is 0.606. The Kier molecular flexibility index (Phi) is 5.52. The molecular formula is C22H22ClN3O3S2. The molecule has 3 aromatic rings. The van der Waals surface area contributed by atoms with E-state index in [0.717, 1.165) is 35.2 Å². The van der Waals surface area contributed by atoms with Crippen LogP contribution in [0.1, 0.15) is 26.5 Å². The van der Waals surface area contributed by atoms with Crippen molar-refractivity contribution in [3.05, 3.63) is 62.8 Å². The van der Waals surface area contributed by atoms with E-state index in [1.54, 1.807) is 46.6 Å². The van der Waals surface area contributed by atoms with Crippen molar-refractivity contribution in [2.24, 2.45) is 0 Å². The molecule has 2 aliphatic rings. The zero-order chi connectivity index (χ0) is 21.6. The van der Waals surface area contributed by atoms with Gasteiger partial charge in [-0.05, 0) is 59.5 Å². The second-order valence-electron chi connectivity index (χ2n) is 8.00. The van der Waals surface area contributed by atoms with Gasteiger partial charge in [-0.2, -0.15) is 0 Å². The topological polar surface area (TPSA) is 78.5 Å². The third-order valence-corrected chi connectivity index (χ3v) is 8.81. The van der Waals surface area contributed by atoms with E-state index < -0.39 is 10.0 Å². The van der Waals surface area contributed by atoms with Gasteiger partial charge < -0.3 is 10.2 Å². The Morgan fingerprint density at radius 3 is 2.81 bits per heavy atom. The average Bonchev–Trinajstić information content (AvgIpc) is 3.39. The summed E-state index contributed by atoms with van der Waals surface area (Å²) in [7, 11) is -3.69. The molecule has 1 fully saturated rings. The number of benzene rings is 2. The molecule has 1 aromatic heterocycles. The first-order chi connectivity index (χ1) is 14.9. The summed E-state index contributed by atoms with van der Waals surface area (Å²) in [4.78, 5) is 16.9. The first-order valence-corrected chi connectivity index (χ1v) is 12.9. The van der Waals surface area contributed by atoms with Crippen LogP contribution in [0, 0.1) is 0 Å². The summed E-state index contributed by atoms with van der Waals surface area (Å²) in [6.07, 6.45) is 1.55. The zero-order valence-electron chi connectivity index (χ0n) is 16.7. The Morgan fingerprint density at radius 2 is 1.97 bits per heavy atom. The highest BCUT2D eigenvalue weighted by Gasteiger charge is 2.31. The molecule has 3 heterocycles. The third kappa shape index (κ3) is 4.23.